The van der Waals surface area contributed by atoms with Gasteiger partial charge < -0.3 is 10.6 Å². The third-order valence-electron chi connectivity index (χ3n) is 5.24. The van der Waals surface area contributed by atoms with Crippen LogP contribution < -0.4 is 10.6 Å². The number of ketones is 1. The van der Waals surface area contributed by atoms with E-state index in [2.05, 4.69) is 10.6 Å². The van der Waals surface area contributed by atoms with Crippen LogP contribution in [-0.4, -0.2) is 17.6 Å². The summed E-state index contributed by atoms with van der Waals surface area (Å²) in [5, 5.41) is 6.18. The van der Waals surface area contributed by atoms with E-state index >= 15 is 0 Å². The lowest BCUT2D eigenvalue weighted by Crippen LogP contribution is -2.43. The minimum absolute atomic E-state index is 0.00539. The van der Waals surface area contributed by atoms with Crippen molar-refractivity contribution in [2.24, 2.45) is 5.92 Å². The molecule has 1 aliphatic heterocycles. The van der Waals surface area contributed by atoms with Gasteiger partial charge in [0.1, 0.15) is 0 Å². The van der Waals surface area contributed by atoms with Crippen LogP contribution in [0, 0.1) is 5.92 Å². The zero-order chi connectivity index (χ0) is 19.7. The van der Waals surface area contributed by atoms with Gasteiger partial charge in [0.2, 0.25) is 11.8 Å². The van der Waals surface area contributed by atoms with Crippen molar-refractivity contribution in [3.05, 3.63) is 76.5 Å². The Morgan fingerprint density at radius 2 is 1.68 bits per heavy atom. The van der Waals surface area contributed by atoms with Crippen LogP contribution in [-0.2, 0) is 14.4 Å². The third-order valence-corrected chi connectivity index (χ3v) is 5.49. The number of hydrogen-bond acceptors (Lipinski definition) is 3. The minimum atomic E-state index is -0.774. The molecule has 2 N–H and O–H groups in total. The molecule has 1 heterocycles. The average molecular weight is 395 g/mol. The first-order valence-corrected chi connectivity index (χ1v) is 9.56. The molecule has 4 rings (SSSR count). The molecular formula is C22H19ClN2O3. The summed E-state index contributed by atoms with van der Waals surface area (Å²) in [6.07, 6.45) is 0.852. The van der Waals surface area contributed by atoms with E-state index in [9.17, 15) is 14.4 Å². The Labute approximate surface area is 167 Å². The van der Waals surface area contributed by atoms with Crippen LogP contribution in [0.3, 0.4) is 0 Å². The zero-order valence-corrected chi connectivity index (χ0v) is 15.8. The number of halogens is 1. The van der Waals surface area contributed by atoms with E-state index in [1.165, 1.54) is 0 Å². The molecule has 2 aromatic rings. The van der Waals surface area contributed by atoms with Gasteiger partial charge in [-0.25, -0.2) is 0 Å². The summed E-state index contributed by atoms with van der Waals surface area (Å²) in [6.45, 7) is 0. The SMILES string of the molecule is O=C1C[C@@H](C(=O)Nc2ccc(Cl)cc2)C2=C(C[C@H](c3ccccc3)CC2=O)N1. The molecule has 2 aromatic carbocycles. The van der Waals surface area contributed by atoms with Crippen molar-refractivity contribution in [1.29, 1.82) is 0 Å². The number of nitrogens with one attached hydrogen (secondary N) is 2. The van der Waals surface area contributed by atoms with E-state index in [-0.39, 0.29) is 29.9 Å². The second kappa shape index (κ2) is 7.60. The lowest BCUT2D eigenvalue weighted by molar-refractivity contribution is -0.129. The fourth-order valence-electron chi connectivity index (χ4n) is 3.91. The lowest BCUT2D eigenvalue weighted by atomic mass is 9.75. The largest absolute Gasteiger partial charge is 0.329 e. The number of rotatable bonds is 3. The number of benzene rings is 2. The molecule has 0 unspecified atom stereocenters. The molecular weight excluding hydrogens is 376 g/mol. The van der Waals surface area contributed by atoms with Gasteiger partial charge in [-0.1, -0.05) is 41.9 Å². The highest BCUT2D eigenvalue weighted by molar-refractivity contribution is 6.30. The predicted octanol–water partition coefficient (Wildman–Crippen LogP) is 3.82. The minimum Gasteiger partial charge on any atom is -0.329 e. The predicted molar refractivity (Wildman–Crippen MR) is 107 cm³/mol. The van der Waals surface area contributed by atoms with Crippen LogP contribution in [0.1, 0.15) is 30.7 Å². The van der Waals surface area contributed by atoms with E-state index in [0.717, 1.165) is 5.56 Å². The molecule has 6 heteroatoms. The first-order valence-electron chi connectivity index (χ1n) is 9.18. The summed E-state index contributed by atoms with van der Waals surface area (Å²) in [4.78, 5) is 38.0. The molecule has 2 atom stereocenters. The number of allylic oxidation sites excluding steroid dienone is 1. The smallest absolute Gasteiger partial charge is 0.232 e. The molecule has 0 radical (unpaired) electrons. The van der Waals surface area contributed by atoms with Gasteiger partial charge >= 0.3 is 0 Å². The Hall–Kier alpha value is -2.92. The summed E-state index contributed by atoms with van der Waals surface area (Å²) in [5.74, 6) is -1.44. The maximum atomic E-state index is 12.9. The molecule has 0 aromatic heterocycles. The molecule has 0 spiro atoms. The average Bonchev–Trinajstić information content (AvgIpc) is 2.69. The monoisotopic (exact) mass is 394 g/mol. The molecule has 0 saturated heterocycles. The van der Waals surface area contributed by atoms with E-state index in [4.69, 9.17) is 11.6 Å². The van der Waals surface area contributed by atoms with Crippen molar-refractivity contribution < 1.29 is 14.4 Å². The number of hydrogen-bond donors (Lipinski definition) is 2. The van der Waals surface area contributed by atoms with Gasteiger partial charge in [0.15, 0.2) is 5.78 Å². The normalized spacial score (nSPS) is 21.8. The summed E-state index contributed by atoms with van der Waals surface area (Å²) in [5.41, 5.74) is 2.66. The van der Waals surface area contributed by atoms with Crippen molar-refractivity contribution in [2.45, 2.75) is 25.2 Å². The number of amides is 2. The maximum absolute atomic E-state index is 12.9. The number of anilines is 1. The fourth-order valence-corrected chi connectivity index (χ4v) is 4.03. The molecule has 2 aliphatic rings. The van der Waals surface area contributed by atoms with E-state index in [1.54, 1.807) is 24.3 Å². The molecule has 1 aliphatic carbocycles. The van der Waals surface area contributed by atoms with E-state index in [1.807, 2.05) is 30.3 Å². The van der Waals surface area contributed by atoms with Crippen molar-refractivity contribution in [2.75, 3.05) is 5.32 Å². The van der Waals surface area contributed by atoms with Crippen LogP contribution in [0.4, 0.5) is 5.69 Å². The van der Waals surface area contributed by atoms with Crippen molar-refractivity contribution in [3.63, 3.8) is 0 Å². The quantitative estimate of drug-likeness (QED) is 0.831. The summed E-state index contributed by atoms with van der Waals surface area (Å²) in [7, 11) is 0. The Kier molecular flexibility index (Phi) is 5.01. The Morgan fingerprint density at radius 1 is 0.964 bits per heavy atom. The van der Waals surface area contributed by atoms with Crippen molar-refractivity contribution in [1.82, 2.24) is 5.32 Å². The van der Waals surface area contributed by atoms with Gasteiger partial charge in [-0.15, -0.1) is 0 Å². The molecule has 0 bridgehead atoms. The molecule has 5 nitrogen and oxygen atoms in total. The number of Topliss-reactive ketones (excluding diaryl/α,β-unsaturated/α-hetero) is 1. The topological polar surface area (TPSA) is 75.3 Å². The third kappa shape index (κ3) is 3.71. The van der Waals surface area contributed by atoms with Crippen LogP contribution in [0.5, 0.6) is 0 Å². The highest BCUT2D eigenvalue weighted by atomic mass is 35.5. The molecule has 0 saturated carbocycles. The van der Waals surface area contributed by atoms with Gasteiger partial charge in [-0.2, -0.15) is 0 Å². The van der Waals surface area contributed by atoms with Gasteiger partial charge in [-0.3, -0.25) is 14.4 Å². The first-order chi connectivity index (χ1) is 13.5. The van der Waals surface area contributed by atoms with E-state index < -0.39 is 5.92 Å². The number of carbonyl (C=O) groups excluding carboxylic acids is 3. The second-order valence-electron chi connectivity index (χ2n) is 7.13. The second-order valence-corrected chi connectivity index (χ2v) is 7.57. The highest BCUT2D eigenvalue weighted by Crippen LogP contribution is 2.39. The van der Waals surface area contributed by atoms with Gasteiger partial charge in [0.05, 0.1) is 5.92 Å². The maximum Gasteiger partial charge on any atom is 0.232 e. The molecule has 2 amide bonds. The van der Waals surface area contributed by atoms with Crippen LogP contribution in [0.15, 0.2) is 65.9 Å². The fraction of sp³-hybridized carbons (Fsp3) is 0.227. The summed E-state index contributed by atoms with van der Waals surface area (Å²) < 4.78 is 0. The molecule has 0 fully saturated rings. The summed E-state index contributed by atoms with van der Waals surface area (Å²) in [6, 6.07) is 16.5. The van der Waals surface area contributed by atoms with Gasteiger partial charge in [0, 0.05) is 34.8 Å². The lowest BCUT2D eigenvalue weighted by Gasteiger charge is -2.33. The zero-order valence-electron chi connectivity index (χ0n) is 15.1. The summed E-state index contributed by atoms with van der Waals surface area (Å²) >= 11 is 5.87. The van der Waals surface area contributed by atoms with Gasteiger partial charge in [-0.05, 0) is 42.2 Å². The molecule has 28 heavy (non-hydrogen) atoms. The van der Waals surface area contributed by atoms with Crippen LogP contribution in [0.2, 0.25) is 5.02 Å². The Morgan fingerprint density at radius 3 is 2.39 bits per heavy atom. The van der Waals surface area contributed by atoms with Crippen molar-refractivity contribution >= 4 is 34.9 Å². The van der Waals surface area contributed by atoms with E-state index in [0.29, 0.717) is 34.8 Å². The van der Waals surface area contributed by atoms with Crippen molar-refractivity contribution in [3.8, 4) is 0 Å². The highest BCUT2D eigenvalue weighted by Gasteiger charge is 2.40. The molecule has 142 valence electrons. The first kappa shape index (κ1) is 18.4. The number of carbonyl (C=O) groups is 3. The Bertz CT molecular complexity index is 967. The standard InChI is InChI=1S/C22H19ClN2O3/c23-15-6-8-16(9-7-15)24-22(28)17-12-20(27)25-18-10-14(11-19(26)21(17)18)13-4-2-1-3-5-13/h1-9,14,17H,10-12H2,(H,24,28)(H,25,27)/t14-,17+/m0/s1. The Balaban J connectivity index is 1.60. The van der Waals surface area contributed by atoms with Crippen LogP contribution >= 0.6 is 11.6 Å². The van der Waals surface area contributed by atoms with Crippen LogP contribution in [0.25, 0.3) is 0 Å². The van der Waals surface area contributed by atoms with Gasteiger partial charge in [0.25, 0.3) is 0 Å².